The maximum absolute atomic E-state index is 12.3. The predicted octanol–water partition coefficient (Wildman–Crippen LogP) is 4.32. The highest BCUT2D eigenvalue weighted by molar-refractivity contribution is 6.39. The summed E-state index contributed by atoms with van der Waals surface area (Å²) in [4.78, 5) is 12.3. The number of hydrogen-bond acceptors (Lipinski definition) is 2. The van der Waals surface area contributed by atoms with Gasteiger partial charge in [0.15, 0.2) is 0 Å². The van der Waals surface area contributed by atoms with Gasteiger partial charge in [0, 0.05) is 5.69 Å². The Bertz CT molecular complexity index is 623. The van der Waals surface area contributed by atoms with Gasteiger partial charge in [0.1, 0.15) is 0 Å². The molecule has 0 spiro atoms. The molecule has 0 fully saturated rings. The van der Waals surface area contributed by atoms with E-state index >= 15 is 0 Å². The molecule has 0 aromatic heterocycles. The Morgan fingerprint density at radius 1 is 1.15 bits per heavy atom. The summed E-state index contributed by atoms with van der Waals surface area (Å²) in [5.41, 5.74) is 7.61. The van der Waals surface area contributed by atoms with Gasteiger partial charge in [-0.15, -0.1) is 0 Å². The molecule has 5 heteroatoms. The lowest BCUT2D eigenvalue weighted by molar-refractivity contribution is -0.117. The average Bonchev–Trinajstić information content (AvgIpc) is 2.42. The summed E-state index contributed by atoms with van der Waals surface area (Å²) in [7, 11) is 0. The summed E-state index contributed by atoms with van der Waals surface area (Å²) in [5.74, 6) is -0.545. The number of amides is 1. The zero-order valence-corrected chi connectivity index (χ0v) is 12.4. The van der Waals surface area contributed by atoms with Crippen LogP contribution in [0.2, 0.25) is 10.0 Å². The number of nitrogen functional groups attached to an aromatic ring is 1. The topological polar surface area (TPSA) is 55.1 Å². The summed E-state index contributed by atoms with van der Waals surface area (Å²) in [5, 5.41) is 3.57. The van der Waals surface area contributed by atoms with Crippen LogP contribution in [0.15, 0.2) is 42.5 Å². The van der Waals surface area contributed by atoms with Gasteiger partial charge in [-0.3, -0.25) is 4.79 Å². The van der Waals surface area contributed by atoms with Crippen LogP contribution in [0.3, 0.4) is 0 Å². The zero-order chi connectivity index (χ0) is 14.7. The first kappa shape index (κ1) is 14.7. The Kier molecular flexibility index (Phi) is 4.53. The minimum atomic E-state index is -0.356. The Labute approximate surface area is 127 Å². The van der Waals surface area contributed by atoms with E-state index in [4.69, 9.17) is 28.9 Å². The second kappa shape index (κ2) is 6.16. The molecule has 3 N–H and O–H groups in total. The van der Waals surface area contributed by atoms with E-state index in [1.807, 2.05) is 12.1 Å². The molecule has 2 aromatic carbocycles. The molecule has 0 bridgehead atoms. The molecule has 3 nitrogen and oxygen atoms in total. The number of anilines is 2. The number of halogens is 2. The summed E-state index contributed by atoms with van der Waals surface area (Å²) < 4.78 is 0. The molecular weight excluding hydrogens is 295 g/mol. The molecule has 1 unspecified atom stereocenters. The normalized spacial score (nSPS) is 11.9. The summed E-state index contributed by atoms with van der Waals surface area (Å²) in [6.45, 7) is 1.80. The average molecular weight is 309 g/mol. The van der Waals surface area contributed by atoms with E-state index in [0.717, 1.165) is 5.56 Å². The van der Waals surface area contributed by atoms with Gasteiger partial charge in [-0.2, -0.15) is 0 Å². The van der Waals surface area contributed by atoms with E-state index in [1.54, 1.807) is 37.3 Å². The van der Waals surface area contributed by atoms with Gasteiger partial charge in [-0.05, 0) is 36.8 Å². The van der Waals surface area contributed by atoms with Crippen LogP contribution in [-0.2, 0) is 4.79 Å². The molecule has 0 heterocycles. The minimum absolute atomic E-state index is 0.189. The Morgan fingerprint density at radius 2 is 1.75 bits per heavy atom. The van der Waals surface area contributed by atoms with Crippen LogP contribution in [-0.4, -0.2) is 5.91 Å². The molecular formula is C15H14Cl2N2O. The summed E-state index contributed by atoms with van der Waals surface area (Å²) in [6.07, 6.45) is 0. The van der Waals surface area contributed by atoms with Crippen LogP contribution in [0.5, 0.6) is 0 Å². The third kappa shape index (κ3) is 3.24. The first-order valence-corrected chi connectivity index (χ1v) is 6.85. The molecule has 0 saturated heterocycles. The molecule has 0 aliphatic heterocycles. The maximum atomic E-state index is 12.3. The van der Waals surface area contributed by atoms with Crippen molar-refractivity contribution in [3.8, 4) is 0 Å². The lowest BCUT2D eigenvalue weighted by atomic mass is 10.00. The van der Waals surface area contributed by atoms with E-state index in [9.17, 15) is 4.79 Å². The fourth-order valence-electron chi connectivity index (χ4n) is 1.83. The number of para-hydroxylation sites is 1. The molecule has 2 rings (SSSR count). The number of nitrogens with one attached hydrogen (secondary N) is 1. The minimum Gasteiger partial charge on any atom is -0.399 e. The van der Waals surface area contributed by atoms with Crippen molar-refractivity contribution in [3.63, 3.8) is 0 Å². The van der Waals surface area contributed by atoms with Crippen LogP contribution < -0.4 is 11.1 Å². The molecule has 0 radical (unpaired) electrons. The highest BCUT2D eigenvalue weighted by Gasteiger charge is 2.17. The van der Waals surface area contributed by atoms with Crippen LogP contribution >= 0.6 is 23.2 Å². The number of carbonyl (C=O) groups is 1. The van der Waals surface area contributed by atoms with Crippen LogP contribution in [0.25, 0.3) is 0 Å². The first-order chi connectivity index (χ1) is 9.49. The largest absolute Gasteiger partial charge is 0.399 e. The van der Waals surface area contributed by atoms with Crippen molar-refractivity contribution in [3.05, 3.63) is 58.1 Å². The molecule has 104 valence electrons. The van der Waals surface area contributed by atoms with Crippen molar-refractivity contribution in [1.82, 2.24) is 0 Å². The quantitative estimate of drug-likeness (QED) is 0.830. The van der Waals surface area contributed by atoms with Gasteiger partial charge in [0.25, 0.3) is 0 Å². The summed E-state index contributed by atoms with van der Waals surface area (Å²) >= 11 is 12.1. The highest BCUT2D eigenvalue weighted by atomic mass is 35.5. The molecule has 2 aromatic rings. The van der Waals surface area contributed by atoms with E-state index < -0.39 is 0 Å². The number of benzene rings is 2. The van der Waals surface area contributed by atoms with Crippen molar-refractivity contribution in [2.45, 2.75) is 12.8 Å². The SMILES string of the molecule is CC(C(=O)Nc1c(Cl)cccc1Cl)c1cccc(N)c1. The van der Waals surface area contributed by atoms with Crippen molar-refractivity contribution in [1.29, 1.82) is 0 Å². The standard InChI is InChI=1S/C15H14Cl2N2O/c1-9(10-4-2-5-11(18)8-10)15(20)19-14-12(16)6-3-7-13(14)17/h2-9H,18H2,1H3,(H,19,20). The van der Waals surface area contributed by atoms with Crippen LogP contribution in [0.4, 0.5) is 11.4 Å². The Morgan fingerprint density at radius 3 is 2.35 bits per heavy atom. The Balaban J connectivity index is 2.20. The third-order valence-corrected chi connectivity index (χ3v) is 3.64. The van der Waals surface area contributed by atoms with Crippen molar-refractivity contribution in [2.24, 2.45) is 0 Å². The molecule has 0 aliphatic carbocycles. The van der Waals surface area contributed by atoms with Gasteiger partial charge in [0.2, 0.25) is 5.91 Å². The predicted molar refractivity (Wildman–Crippen MR) is 84.4 cm³/mol. The van der Waals surface area contributed by atoms with E-state index in [2.05, 4.69) is 5.32 Å². The molecule has 0 saturated carbocycles. The van der Waals surface area contributed by atoms with Crippen LogP contribution in [0.1, 0.15) is 18.4 Å². The van der Waals surface area contributed by atoms with Crippen molar-refractivity contribution < 1.29 is 4.79 Å². The summed E-state index contributed by atoms with van der Waals surface area (Å²) in [6, 6.07) is 12.3. The van der Waals surface area contributed by atoms with Crippen molar-refractivity contribution >= 4 is 40.5 Å². The highest BCUT2D eigenvalue weighted by Crippen LogP contribution is 2.31. The lowest BCUT2D eigenvalue weighted by Gasteiger charge is -2.14. The fraction of sp³-hybridized carbons (Fsp3) is 0.133. The van der Waals surface area contributed by atoms with Crippen LogP contribution in [0, 0.1) is 0 Å². The van der Waals surface area contributed by atoms with Gasteiger partial charge < -0.3 is 11.1 Å². The molecule has 0 aliphatic rings. The monoisotopic (exact) mass is 308 g/mol. The van der Waals surface area contributed by atoms with Gasteiger partial charge >= 0.3 is 0 Å². The van der Waals surface area contributed by atoms with Gasteiger partial charge in [-0.25, -0.2) is 0 Å². The Hall–Kier alpha value is -1.71. The number of carbonyl (C=O) groups excluding carboxylic acids is 1. The van der Waals surface area contributed by atoms with Crippen molar-refractivity contribution in [2.75, 3.05) is 11.1 Å². The second-order valence-electron chi connectivity index (χ2n) is 4.48. The zero-order valence-electron chi connectivity index (χ0n) is 10.9. The van der Waals surface area contributed by atoms with Gasteiger partial charge in [-0.1, -0.05) is 41.4 Å². The number of hydrogen-bond donors (Lipinski definition) is 2. The lowest BCUT2D eigenvalue weighted by Crippen LogP contribution is -2.19. The second-order valence-corrected chi connectivity index (χ2v) is 5.29. The first-order valence-electron chi connectivity index (χ1n) is 6.09. The van der Waals surface area contributed by atoms with Gasteiger partial charge in [0.05, 0.1) is 21.7 Å². The fourth-order valence-corrected chi connectivity index (χ4v) is 2.32. The third-order valence-electron chi connectivity index (χ3n) is 3.01. The number of nitrogens with two attached hydrogens (primary N) is 1. The maximum Gasteiger partial charge on any atom is 0.231 e. The molecule has 20 heavy (non-hydrogen) atoms. The number of rotatable bonds is 3. The molecule has 1 atom stereocenters. The smallest absolute Gasteiger partial charge is 0.231 e. The molecule has 1 amide bonds. The van der Waals surface area contributed by atoms with E-state index in [0.29, 0.717) is 21.4 Å². The van der Waals surface area contributed by atoms with E-state index in [1.165, 1.54) is 0 Å². The van der Waals surface area contributed by atoms with E-state index in [-0.39, 0.29) is 11.8 Å².